The summed E-state index contributed by atoms with van der Waals surface area (Å²) in [5, 5.41) is -0.222. The zero-order valence-electron chi connectivity index (χ0n) is 18.5. The van der Waals surface area contributed by atoms with Crippen LogP contribution in [0.15, 0.2) is 53.4 Å². The number of imide groups is 1. The van der Waals surface area contributed by atoms with Gasteiger partial charge in [0.1, 0.15) is 0 Å². The second kappa shape index (κ2) is 8.23. The zero-order valence-corrected chi connectivity index (χ0v) is 19.3. The average molecular weight is 431 g/mol. The number of aryl methyl sites for hydroxylation is 3. The summed E-state index contributed by atoms with van der Waals surface area (Å²) in [6.45, 7) is 10.7. The molecule has 1 aliphatic heterocycles. The summed E-state index contributed by atoms with van der Waals surface area (Å²) in [5.74, 6) is -0.230. The maximum Gasteiger partial charge on any atom is 0.293 e. The third-order valence-corrected chi connectivity index (χ3v) is 6.82. The maximum atomic E-state index is 13.0. The van der Waals surface area contributed by atoms with Gasteiger partial charge in [0.05, 0.1) is 11.4 Å². The zero-order chi connectivity index (χ0) is 22.3. The van der Waals surface area contributed by atoms with Crippen LogP contribution in [0, 0.1) is 34.6 Å². The molecule has 1 aromatic heterocycles. The van der Waals surface area contributed by atoms with Crippen LogP contribution in [-0.4, -0.2) is 20.6 Å². The Morgan fingerprint density at radius 2 is 1.65 bits per heavy atom. The number of hydrogen-bond acceptors (Lipinski definition) is 3. The van der Waals surface area contributed by atoms with Gasteiger partial charge in [-0.3, -0.25) is 14.5 Å². The first-order chi connectivity index (χ1) is 14.8. The van der Waals surface area contributed by atoms with Crippen LogP contribution in [0.25, 0.3) is 11.8 Å². The summed E-state index contributed by atoms with van der Waals surface area (Å²) in [7, 11) is 0. The third kappa shape index (κ3) is 3.98. The number of carbonyl (C=O) groups is 2. The molecular weight excluding hydrogens is 404 g/mol. The predicted molar refractivity (Wildman–Crippen MR) is 127 cm³/mol. The van der Waals surface area contributed by atoms with E-state index in [1.807, 2.05) is 37.3 Å². The molecule has 0 radical (unpaired) electrons. The number of benzene rings is 2. The molecule has 31 heavy (non-hydrogen) atoms. The maximum absolute atomic E-state index is 13.0. The van der Waals surface area contributed by atoms with E-state index in [2.05, 4.69) is 56.5 Å². The van der Waals surface area contributed by atoms with Gasteiger partial charge in [-0.25, -0.2) is 0 Å². The lowest BCUT2D eigenvalue weighted by Gasteiger charge is -2.14. The number of amides is 2. The highest BCUT2D eigenvalue weighted by Gasteiger charge is 2.35. The van der Waals surface area contributed by atoms with Crippen molar-refractivity contribution in [2.45, 2.75) is 41.2 Å². The number of aromatic nitrogens is 1. The van der Waals surface area contributed by atoms with Crippen LogP contribution in [0.3, 0.4) is 0 Å². The van der Waals surface area contributed by atoms with Crippen LogP contribution in [0.1, 0.15) is 39.2 Å². The smallest absolute Gasteiger partial charge is 0.293 e. The largest absolute Gasteiger partial charge is 0.318 e. The summed E-state index contributed by atoms with van der Waals surface area (Å²) < 4.78 is 2.21. The topological polar surface area (TPSA) is 42.3 Å². The Morgan fingerprint density at radius 1 is 0.935 bits per heavy atom. The molecule has 2 aromatic carbocycles. The molecule has 0 spiro atoms. The molecule has 1 aliphatic rings. The first-order valence-electron chi connectivity index (χ1n) is 10.3. The highest BCUT2D eigenvalue weighted by molar-refractivity contribution is 8.18. The second-order valence-electron chi connectivity index (χ2n) is 8.13. The molecule has 0 atom stereocenters. The highest BCUT2D eigenvalue weighted by Crippen LogP contribution is 2.35. The van der Waals surface area contributed by atoms with E-state index in [4.69, 9.17) is 0 Å². The molecule has 5 heteroatoms. The van der Waals surface area contributed by atoms with Crippen LogP contribution in [0.2, 0.25) is 0 Å². The Bertz CT molecular complexity index is 1220. The van der Waals surface area contributed by atoms with Crippen molar-refractivity contribution in [1.29, 1.82) is 0 Å². The minimum atomic E-state index is -0.230. The number of rotatable bonds is 4. The van der Waals surface area contributed by atoms with Crippen molar-refractivity contribution in [3.8, 4) is 5.69 Å². The molecule has 2 amide bonds. The Hall–Kier alpha value is -3.05. The summed E-state index contributed by atoms with van der Waals surface area (Å²) >= 11 is 1.01. The molecule has 158 valence electrons. The molecule has 4 rings (SSSR count). The molecule has 1 saturated heterocycles. The van der Waals surface area contributed by atoms with Gasteiger partial charge in [-0.1, -0.05) is 42.0 Å². The Labute approximate surface area is 187 Å². The van der Waals surface area contributed by atoms with E-state index in [9.17, 15) is 9.59 Å². The van der Waals surface area contributed by atoms with Crippen molar-refractivity contribution in [1.82, 2.24) is 9.47 Å². The van der Waals surface area contributed by atoms with Crippen molar-refractivity contribution >= 4 is 29.0 Å². The van der Waals surface area contributed by atoms with Crippen LogP contribution < -0.4 is 0 Å². The van der Waals surface area contributed by atoms with Crippen molar-refractivity contribution in [3.05, 3.63) is 92.6 Å². The van der Waals surface area contributed by atoms with Crippen LogP contribution in [0.5, 0.6) is 0 Å². The summed E-state index contributed by atoms with van der Waals surface area (Å²) in [5.41, 5.74) is 8.81. The predicted octanol–water partition coefficient (Wildman–Crippen LogP) is 6.26. The summed E-state index contributed by atoms with van der Waals surface area (Å²) in [4.78, 5) is 27.3. The first-order valence-corrected chi connectivity index (χ1v) is 11.1. The van der Waals surface area contributed by atoms with E-state index < -0.39 is 0 Å². The lowest BCUT2D eigenvalue weighted by atomic mass is 10.1. The molecule has 2 heterocycles. The van der Waals surface area contributed by atoms with E-state index in [-0.39, 0.29) is 11.1 Å². The fraction of sp³-hybridized carbons (Fsp3) is 0.231. The van der Waals surface area contributed by atoms with Gasteiger partial charge < -0.3 is 4.57 Å². The third-order valence-electron chi connectivity index (χ3n) is 5.91. The Kier molecular flexibility index (Phi) is 5.63. The molecule has 0 saturated carbocycles. The molecule has 0 bridgehead atoms. The van der Waals surface area contributed by atoms with E-state index in [1.165, 1.54) is 16.0 Å². The minimum Gasteiger partial charge on any atom is -0.318 e. The lowest BCUT2D eigenvalue weighted by Crippen LogP contribution is -2.27. The SMILES string of the molecule is Cc1ccc(CN2C(=O)S/C(=C\c3cc(C)n(-c4cccc(C)c4C)c3C)C2=O)cc1. The standard InChI is InChI=1S/C26H26N2O2S/c1-16-9-11-21(12-10-16)15-27-25(29)24(31-26(27)30)14-22-13-18(3)28(20(22)5)23-8-6-7-17(2)19(23)4/h6-14H,15H2,1-5H3/b24-14-. The first kappa shape index (κ1) is 21.2. The summed E-state index contributed by atoms with van der Waals surface area (Å²) in [6.07, 6.45) is 1.85. The van der Waals surface area contributed by atoms with Crippen molar-refractivity contribution in [2.75, 3.05) is 0 Å². The van der Waals surface area contributed by atoms with Crippen LogP contribution in [0.4, 0.5) is 4.79 Å². The molecule has 4 nitrogen and oxygen atoms in total. The van der Waals surface area contributed by atoms with Gasteiger partial charge in [-0.05, 0) is 86.8 Å². The quantitative estimate of drug-likeness (QED) is 0.459. The van der Waals surface area contributed by atoms with E-state index in [0.717, 1.165) is 45.5 Å². The van der Waals surface area contributed by atoms with Crippen LogP contribution in [-0.2, 0) is 11.3 Å². The van der Waals surface area contributed by atoms with Crippen molar-refractivity contribution in [2.24, 2.45) is 0 Å². The summed E-state index contributed by atoms with van der Waals surface area (Å²) in [6, 6.07) is 16.3. The number of nitrogens with zero attached hydrogens (tertiary/aromatic N) is 2. The van der Waals surface area contributed by atoms with E-state index in [0.29, 0.717) is 11.4 Å². The van der Waals surface area contributed by atoms with E-state index >= 15 is 0 Å². The van der Waals surface area contributed by atoms with Gasteiger partial charge in [-0.15, -0.1) is 0 Å². The number of carbonyl (C=O) groups excluding carboxylic acids is 2. The number of thioether (sulfide) groups is 1. The average Bonchev–Trinajstić information content (AvgIpc) is 3.15. The molecule has 3 aromatic rings. The second-order valence-corrected chi connectivity index (χ2v) is 9.13. The fourth-order valence-corrected chi connectivity index (χ4v) is 4.77. The normalized spacial score (nSPS) is 15.4. The molecule has 0 N–H and O–H groups in total. The molecule has 1 fully saturated rings. The van der Waals surface area contributed by atoms with Gasteiger partial charge in [0.15, 0.2) is 0 Å². The fourth-order valence-electron chi connectivity index (χ4n) is 3.94. The minimum absolute atomic E-state index is 0.222. The Balaban J connectivity index is 1.65. The van der Waals surface area contributed by atoms with Gasteiger partial charge in [-0.2, -0.15) is 0 Å². The number of hydrogen-bond donors (Lipinski definition) is 0. The van der Waals surface area contributed by atoms with Gasteiger partial charge >= 0.3 is 0 Å². The van der Waals surface area contributed by atoms with Crippen LogP contribution >= 0.6 is 11.8 Å². The van der Waals surface area contributed by atoms with Gasteiger partial charge in [0.25, 0.3) is 11.1 Å². The highest BCUT2D eigenvalue weighted by atomic mass is 32.2. The molecular formula is C26H26N2O2S. The van der Waals surface area contributed by atoms with Crippen molar-refractivity contribution in [3.63, 3.8) is 0 Å². The monoisotopic (exact) mass is 430 g/mol. The van der Waals surface area contributed by atoms with Crippen molar-refractivity contribution < 1.29 is 9.59 Å². The molecule has 0 aliphatic carbocycles. The lowest BCUT2D eigenvalue weighted by molar-refractivity contribution is -0.123. The molecule has 0 unspecified atom stereocenters. The van der Waals surface area contributed by atoms with Gasteiger partial charge in [0.2, 0.25) is 0 Å². The Morgan fingerprint density at radius 3 is 2.35 bits per heavy atom. The van der Waals surface area contributed by atoms with Gasteiger partial charge in [0, 0.05) is 17.1 Å². The van der Waals surface area contributed by atoms with E-state index in [1.54, 1.807) is 0 Å².